The summed E-state index contributed by atoms with van der Waals surface area (Å²) in [5, 5.41) is 11.4. The molecule has 8 heteroatoms. The number of nitro groups is 1. The lowest BCUT2D eigenvalue weighted by Crippen LogP contribution is -2.50. The zero-order valence-electron chi connectivity index (χ0n) is 14.8. The Balaban J connectivity index is 2.15. The monoisotopic (exact) mass is 336 g/mol. The van der Waals surface area contributed by atoms with Crippen molar-refractivity contribution in [1.29, 1.82) is 0 Å². The molecule has 1 saturated heterocycles. The summed E-state index contributed by atoms with van der Waals surface area (Å²) in [6.07, 6.45) is 1.30. The first-order valence-corrected chi connectivity index (χ1v) is 7.93. The first-order chi connectivity index (χ1) is 11.1. The van der Waals surface area contributed by atoms with Gasteiger partial charge >= 0.3 is 11.8 Å². The fraction of sp³-hybridized carbons (Fsp3) is 0.625. The number of hydrogen-bond donors (Lipinski definition) is 0. The van der Waals surface area contributed by atoms with Gasteiger partial charge in [-0.05, 0) is 40.2 Å². The van der Waals surface area contributed by atoms with Gasteiger partial charge in [0.2, 0.25) is 0 Å². The van der Waals surface area contributed by atoms with Crippen LogP contribution in [0.15, 0.2) is 6.20 Å². The van der Waals surface area contributed by atoms with Crippen LogP contribution in [0.5, 0.6) is 0 Å². The number of amides is 1. The number of rotatable bonds is 2. The second-order valence-corrected chi connectivity index (χ2v) is 6.94. The van der Waals surface area contributed by atoms with E-state index >= 15 is 0 Å². The van der Waals surface area contributed by atoms with Crippen LogP contribution in [0.3, 0.4) is 0 Å². The molecule has 0 aromatic carbocycles. The molecule has 0 atom stereocenters. The van der Waals surface area contributed by atoms with Gasteiger partial charge in [-0.1, -0.05) is 0 Å². The van der Waals surface area contributed by atoms with E-state index in [-0.39, 0.29) is 16.7 Å². The Kier molecular flexibility index (Phi) is 4.96. The third-order valence-corrected chi connectivity index (χ3v) is 3.82. The van der Waals surface area contributed by atoms with Crippen LogP contribution in [0, 0.1) is 24.0 Å². The predicted octanol–water partition coefficient (Wildman–Crippen LogP) is 2.66. The van der Waals surface area contributed by atoms with E-state index in [0.29, 0.717) is 37.6 Å². The lowest BCUT2D eigenvalue weighted by atomic mass is 10.1. The molecule has 0 saturated carbocycles. The largest absolute Gasteiger partial charge is 0.444 e. The number of hydrogen-bond acceptors (Lipinski definition) is 6. The van der Waals surface area contributed by atoms with E-state index in [1.165, 1.54) is 0 Å². The zero-order chi connectivity index (χ0) is 18.1. The average molecular weight is 336 g/mol. The standard InChI is InChI=1S/C16H24N4O4/c1-11-10-17-12(2)14(20(22)23)13(11)18-6-8-19(9-7-18)15(21)24-16(3,4)5/h10H,6-9H2,1-5H3. The summed E-state index contributed by atoms with van der Waals surface area (Å²) < 4.78 is 5.37. The molecule has 0 unspecified atom stereocenters. The molecule has 1 aliphatic heterocycles. The van der Waals surface area contributed by atoms with Crippen LogP contribution < -0.4 is 4.90 Å². The normalized spacial score (nSPS) is 15.4. The van der Waals surface area contributed by atoms with Crippen LogP contribution in [0.4, 0.5) is 16.2 Å². The van der Waals surface area contributed by atoms with E-state index in [4.69, 9.17) is 4.74 Å². The van der Waals surface area contributed by atoms with Gasteiger partial charge in [-0.2, -0.15) is 0 Å². The van der Waals surface area contributed by atoms with Crippen LogP contribution in [0.2, 0.25) is 0 Å². The quantitative estimate of drug-likeness (QED) is 0.609. The summed E-state index contributed by atoms with van der Waals surface area (Å²) in [4.78, 5) is 30.8. The molecule has 0 bridgehead atoms. The molecular formula is C16H24N4O4. The van der Waals surface area contributed by atoms with Crippen LogP contribution in [-0.2, 0) is 4.74 Å². The Morgan fingerprint density at radius 3 is 2.33 bits per heavy atom. The Hall–Kier alpha value is -2.38. The number of anilines is 1. The highest BCUT2D eigenvalue weighted by Gasteiger charge is 2.30. The lowest BCUT2D eigenvalue weighted by molar-refractivity contribution is -0.385. The third kappa shape index (κ3) is 3.93. The van der Waals surface area contributed by atoms with Gasteiger partial charge in [-0.25, -0.2) is 4.79 Å². The highest BCUT2D eigenvalue weighted by atomic mass is 16.6. The van der Waals surface area contributed by atoms with Crippen LogP contribution in [0.1, 0.15) is 32.0 Å². The maximum atomic E-state index is 12.1. The molecular weight excluding hydrogens is 312 g/mol. The summed E-state index contributed by atoms with van der Waals surface area (Å²) in [7, 11) is 0. The van der Waals surface area contributed by atoms with Gasteiger partial charge in [0.05, 0.1) is 4.92 Å². The van der Waals surface area contributed by atoms with E-state index in [0.717, 1.165) is 5.56 Å². The van der Waals surface area contributed by atoms with Crippen molar-refractivity contribution in [3.8, 4) is 0 Å². The molecule has 0 aliphatic carbocycles. The highest BCUT2D eigenvalue weighted by Crippen LogP contribution is 2.34. The second kappa shape index (κ2) is 6.62. The molecule has 2 heterocycles. The Morgan fingerprint density at radius 2 is 1.83 bits per heavy atom. The lowest BCUT2D eigenvalue weighted by Gasteiger charge is -2.37. The Bertz CT molecular complexity index is 646. The minimum absolute atomic E-state index is 0.0423. The van der Waals surface area contributed by atoms with Crippen molar-refractivity contribution < 1.29 is 14.5 Å². The zero-order valence-corrected chi connectivity index (χ0v) is 14.8. The molecule has 0 spiro atoms. The first-order valence-electron chi connectivity index (χ1n) is 7.93. The van der Waals surface area contributed by atoms with Gasteiger partial charge in [0, 0.05) is 32.4 Å². The molecule has 0 radical (unpaired) electrons. The maximum absolute atomic E-state index is 12.1. The summed E-state index contributed by atoms with van der Waals surface area (Å²) in [5.74, 6) is 0. The van der Waals surface area contributed by atoms with Gasteiger partial charge in [-0.15, -0.1) is 0 Å². The van der Waals surface area contributed by atoms with Crippen LogP contribution in [0.25, 0.3) is 0 Å². The molecule has 1 fully saturated rings. The van der Waals surface area contributed by atoms with Crippen molar-refractivity contribution >= 4 is 17.5 Å². The number of carbonyl (C=O) groups is 1. The maximum Gasteiger partial charge on any atom is 0.410 e. The van der Waals surface area contributed by atoms with Crippen LogP contribution >= 0.6 is 0 Å². The van der Waals surface area contributed by atoms with Crippen molar-refractivity contribution in [3.63, 3.8) is 0 Å². The molecule has 0 N–H and O–H groups in total. The average Bonchev–Trinajstić information content (AvgIpc) is 2.47. The SMILES string of the molecule is Cc1cnc(C)c([N+](=O)[O-])c1N1CCN(C(=O)OC(C)(C)C)CC1. The smallest absolute Gasteiger partial charge is 0.410 e. The number of nitrogens with zero attached hydrogens (tertiary/aromatic N) is 4. The van der Waals surface area contributed by atoms with E-state index in [1.807, 2.05) is 32.6 Å². The fourth-order valence-corrected chi connectivity index (χ4v) is 2.73. The number of piperazine rings is 1. The van der Waals surface area contributed by atoms with Gasteiger partial charge < -0.3 is 14.5 Å². The number of aromatic nitrogens is 1. The first kappa shape index (κ1) is 18.0. The highest BCUT2D eigenvalue weighted by molar-refractivity contribution is 5.71. The molecule has 132 valence electrons. The summed E-state index contributed by atoms with van der Waals surface area (Å²) in [5.41, 5.74) is 1.26. The fourth-order valence-electron chi connectivity index (χ4n) is 2.73. The molecule has 1 aromatic heterocycles. The minimum atomic E-state index is -0.536. The molecule has 2 rings (SSSR count). The van der Waals surface area contributed by atoms with E-state index in [2.05, 4.69) is 4.98 Å². The van der Waals surface area contributed by atoms with E-state index in [9.17, 15) is 14.9 Å². The van der Waals surface area contributed by atoms with E-state index in [1.54, 1.807) is 18.0 Å². The molecule has 24 heavy (non-hydrogen) atoms. The second-order valence-electron chi connectivity index (χ2n) is 6.94. The van der Waals surface area contributed by atoms with Crippen molar-refractivity contribution in [3.05, 3.63) is 27.6 Å². The topological polar surface area (TPSA) is 88.8 Å². The molecule has 1 amide bonds. The summed E-state index contributed by atoms with van der Waals surface area (Å²) in [6, 6.07) is 0. The summed E-state index contributed by atoms with van der Waals surface area (Å²) >= 11 is 0. The van der Waals surface area contributed by atoms with E-state index < -0.39 is 5.60 Å². The Labute approximate surface area is 141 Å². The third-order valence-electron chi connectivity index (χ3n) is 3.82. The van der Waals surface area contributed by atoms with Gasteiger partial charge in [0.25, 0.3) is 0 Å². The predicted molar refractivity (Wildman–Crippen MR) is 90.4 cm³/mol. The van der Waals surface area contributed by atoms with Crippen molar-refractivity contribution in [2.75, 3.05) is 31.1 Å². The van der Waals surface area contributed by atoms with Crippen molar-refractivity contribution in [2.45, 2.75) is 40.2 Å². The number of ether oxygens (including phenoxy) is 1. The number of pyridine rings is 1. The van der Waals surface area contributed by atoms with Gasteiger partial charge in [0.1, 0.15) is 17.0 Å². The minimum Gasteiger partial charge on any atom is -0.444 e. The molecule has 1 aromatic rings. The van der Waals surface area contributed by atoms with Crippen molar-refractivity contribution in [1.82, 2.24) is 9.88 Å². The van der Waals surface area contributed by atoms with Gasteiger partial charge in [-0.3, -0.25) is 15.1 Å². The summed E-state index contributed by atoms with van der Waals surface area (Å²) in [6.45, 7) is 10.9. The Morgan fingerprint density at radius 1 is 1.25 bits per heavy atom. The molecule has 8 nitrogen and oxygen atoms in total. The van der Waals surface area contributed by atoms with Crippen LogP contribution in [-0.4, -0.2) is 52.7 Å². The molecule has 1 aliphatic rings. The van der Waals surface area contributed by atoms with Gasteiger partial charge in [0.15, 0.2) is 0 Å². The number of carbonyl (C=O) groups excluding carboxylic acids is 1. The van der Waals surface area contributed by atoms with Crippen molar-refractivity contribution in [2.24, 2.45) is 0 Å². The number of aryl methyl sites for hydroxylation is 2.